The highest BCUT2D eigenvalue weighted by Gasteiger charge is 2.39. The van der Waals surface area contributed by atoms with E-state index >= 15 is 0 Å². The molecule has 0 amide bonds. The molecule has 0 spiro atoms. The summed E-state index contributed by atoms with van der Waals surface area (Å²) >= 11 is 0. The van der Waals surface area contributed by atoms with Crippen LogP contribution in [0.15, 0.2) is 188 Å². The normalized spacial score (nSPS) is 14.6. The van der Waals surface area contributed by atoms with Crippen molar-refractivity contribution in [2.75, 3.05) is 9.80 Å². The number of nitrogens with zero attached hydrogens (tertiary/aromatic N) is 3. The van der Waals surface area contributed by atoms with Crippen LogP contribution in [0.25, 0.3) is 33.6 Å². The van der Waals surface area contributed by atoms with E-state index in [1.54, 1.807) is 0 Å². The van der Waals surface area contributed by atoms with E-state index in [-0.39, 0.29) is 10.8 Å². The average molecular weight is 722 g/mol. The quantitative estimate of drug-likeness (QED) is 0.176. The molecule has 0 saturated heterocycles. The summed E-state index contributed by atoms with van der Waals surface area (Å²) in [4.78, 5) is 10.1. The van der Waals surface area contributed by atoms with Crippen LogP contribution in [0.4, 0.5) is 34.1 Å². The van der Waals surface area contributed by atoms with E-state index in [9.17, 15) is 0 Å². The maximum atomic E-state index is 5.22. The van der Waals surface area contributed by atoms with Gasteiger partial charge in [-0.1, -0.05) is 155 Å². The Morgan fingerprint density at radius 2 is 0.696 bits per heavy atom. The Labute approximate surface area is 330 Å². The maximum absolute atomic E-state index is 5.22. The zero-order chi connectivity index (χ0) is 38.0. The summed E-state index contributed by atoms with van der Waals surface area (Å²) in [6.45, 7) is 9.47. The van der Waals surface area contributed by atoms with Crippen molar-refractivity contribution < 1.29 is 0 Å². The molecule has 56 heavy (non-hydrogen) atoms. The molecule has 270 valence electrons. The molecule has 0 saturated carbocycles. The van der Waals surface area contributed by atoms with Crippen molar-refractivity contribution in [2.24, 2.45) is 0 Å². The van der Waals surface area contributed by atoms with Gasteiger partial charge >= 0.3 is 0 Å². The van der Waals surface area contributed by atoms with Gasteiger partial charge < -0.3 is 9.80 Å². The average Bonchev–Trinajstić information content (AvgIpc) is 3.25. The van der Waals surface area contributed by atoms with Gasteiger partial charge in [-0.05, 0) is 94.0 Å². The molecule has 0 N–H and O–H groups in total. The number of para-hydroxylation sites is 3. The van der Waals surface area contributed by atoms with Crippen LogP contribution in [0.3, 0.4) is 0 Å². The van der Waals surface area contributed by atoms with Crippen molar-refractivity contribution in [2.45, 2.75) is 38.5 Å². The van der Waals surface area contributed by atoms with E-state index in [1.165, 1.54) is 61.8 Å². The Kier molecular flexibility index (Phi) is 7.83. The molecular weight excluding hydrogens is 679 g/mol. The maximum Gasteiger partial charge on any atom is 0.0730 e. The van der Waals surface area contributed by atoms with E-state index in [1.807, 2.05) is 0 Å². The molecule has 3 heteroatoms. The number of anilines is 6. The summed E-state index contributed by atoms with van der Waals surface area (Å²) in [6.07, 6.45) is 0. The number of fused-ring (bicyclic) bond motifs is 4. The molecule has 3 nitrogen and oxygen atoms in total. The van der Waals surface area contributed by atoms with E-state index in [0.717, 1.165) is 28.2 Å². The first-order chi connectivity index (χ1) is 27.3. The van der Waals surface area contributed by atoms with Gasteiger partial charge in [0, 0.05) is 27.6 Å². The number of benzene rings is 7. The minimum Gasteiger partial charge on any atom is -0.310 e. The molecule has 0 bridgehead atoms. The van der Waals surface area contributed by atoms with Gasteiger partial charge in [-0.25, -0.2) is 4.98 Å². The monoisotopic (exact) mass is 721 g/mol. The third kappa shape index (κ3) is 5.38. The Balaban J connectivity index is 1.14. The van der Waals surface area contributed by atoms with Gasteiger partial charge in [-0.15, -0.1) is 0 Å². The number of hydrogen-bond donors (Lipinski definition) is 0. The van der Waals surface area contributed by atoms with Crippen LogP contribution in [0.5, 0.6) is 0 Å². The zero-order valence-corrected chi connectivity index (χ0v) is 32.2. The number of pyridine rings is 1. The number of hydrogen-bond acceptors (Lipinski definition) is 3. The molecule has 0 aliphatic carbocycles. The van der Waals surface area contributed by atoms with Crippen molar-refractivity contribution in [1.29, 1.82) is 0 Å². The highest BCUT2D eigenvalue weighted by molar-refractivity contribution is 5.91. The predicted molar refractivity (Wildman–Crippen MR) is 234 cm³/mol. The van der Waals surface area contributed by atoms with Gasteiger partial charge in [0.25, 0.3) is 0 Å². The summed E-state index contributed by atoms with van der Waals surface area (Å²) in [6, 6.07) is 68.2. The molecule has 0 unspecified atom stereocenters. The van der Waals surface area contributed by atoms with Gasteiger partial charge in [0.05, 0.1) is 39.8 Å². The second-order valence-electron chi connectivity index (χ2n) is 16.1. The van der Waals surface area contributed by atoms with Crippen LogP contribution in [-0.4, -0.2) is 4.98 Å². The highest BCUT2D eigenvalue weighted by atomic mass is 15.2. The minimum absolute atomic E-state index is 0.190. The molecule has 8 aromatic rings. The fraction of sp³-hybridized carbons (Fsp3) is 0.113. The second kappa shape index (κ2) is 13.0. The Hall–Kier alpha value is -6.71. The summed E-state index contributed by atoms with van der Waals surface area (Å²) in [5.41, 5.74) is 18.4. The third-order valence-corrected chi connectivity index (χ3v) is 12.0. The molecule has 3 heterocycles. The highest BCUT2D eigenvalue weighted by Crippen LogP contribution is 2.55. The van der Waals surface area contributed by atoms with Crippen molar-refractivity contribution in [3.63, 3.8) is 0 Å². The Morgan fingerprint density at radius 3 is 1.16 bits per heavy atom. The molecule has 7 aromatic carbocycles. The largest absolute Gasteiger partial charge is 0.310 e. The molecule has 2 aliphatic rings. The first-order valence-corrected chi connectivity index (χ1v) is 19.6. The van der Waals surface area contributed by atoms with Crippen LogP contribution in [0, 0.1) is 0 Å². The summed E-state index contributed by atoms with van der Waals surface area (Å²) in [7, 11) is 0. The predicted octanol–water partition coefficient (Wildman–Crippen LogP) is 14.3. The standard InChI is InChI=1S/C53H43N3/c1-52(2)42-24-14-16-26-48(42)55(40-22-12-7-13-23-40)50-30-28-38(32-44(50)52)39-29-31-51-45(33-39)53(3,4)43-25-15-17-27-49(43)56(51)41-34-46(36-18-8-5-9-19-36)54-47(35-41)37-20-10-6-11-21-37/h5-35H,1-4H3. The molecular formula is C53H43N3. The molecule has 0 atom stereocenters. The SMILES string of the molecule is CC1(C)c2ccccc2N(c2ccccc2)c2ccc(-c3ccc4c(c3)C(C)(C)c3ccccc3N4c3cc(-c4ccccc4)nc(-c4ccccc4)c3)cc21. The van der Waals surface area contributed by atoms with Crippen LogP contribution in [-0.2, 0) is 10.8 Å². The van der Waals surface area contributed by atoms with Crippen molar-refractivity contribution in [3.05, 3.63) is 210 Å². The van der Waals surface area contributed by atoms with Crippen LogP contribution in [0.1, 0.15) is 49.9 Å². The lowest BCUT2D eigenvalue weighted by molar-refractivity contribution is 0.631. The molecule has 1 aromatic heterocycles. The summed E-state index contributed by atoms with van der Waals surface area (Å²) in [5, 5.41) is 0. The molecule has 0 fully saturated rings. The summed E-state index contributed by atoms with van der Waals surface area (Å²) in [5.74, 6) is 0. The molecule has 0 radical (unpaired) electrons. The van der Waals surface area contributed by atoms with Gasteiger partial charge in [0.2, 0.25) is 0 Å². The lowest BCUT2D eigenvalue weighted by Crippen LogP contribution is -2.31. The summed E-state index contributed by atoms with van der Waals surface area (Å²) < 4.78 is 0. The molecule has 10 rings (SSSR count). The van der Waals surface area contributed by atoms with E-state index in [2.05, 4.69) is 226 Å². The number of rotatable bonds is 5. The fourth-order valence-electron chi connectivity index (χ4n) is 9.06. The first-order valence-electron chi connectivity index (χ1n) is 19.6. The van der Waals surface area contributed by atoms with Crippen LogP contribution in [0.2, 0.25) is 0 Å². The Morgan fingerprint density at radius 1 is 0.321 bits per heavy atom. The second-order valence-corrected chi connectivity index (χ2v) is 16.1. The first kappa shape index (κ1) is 33.8. The lowest BCUT2D eigenvalue weighted by atomic mass is 9.71. The van der Waals surface area contributed by atoms with E-state index in [0.29, 0.717) is 0 Å². The van der Waals surface area contributed by atoms with Crippen molar-refractivity contribution in [1.82, 2.24) is 4.98 Å². The lowest BCUT2D eigenvalue weighted by Gasteiger charge is -2.43. The van der Waals surface area contributed by atoms with Gasteiger partial charge in [-0.3, -0.25) is 0 Å². The Bertz CT molecular complexity index is 2690. The van der Waals surface area contributed by atoms with Gasteiger partial charge in [0.1, 0.15) is 0 Å². The van der Waals surface area contributed by atoms with Crippen molar-refractivity contribution >= 4 is 34.1 Å². The van der Waals surface area contributed by atoms with E-state index < -0.39 is 0 Å². The van der Waals surface area contributed by atoms with Gasteiger partial charge in [-0.2, -0.15) is 0 Å². The third-order valence-electron chi connectivity index (χ3n) is 12.0. The topological polar surface area (TPSA) is 19.4 Å². The molecule has 2 aliphatic heterocycles. The van der Waals surface area contributed by atoms with Crippen LogP contribution < -0.4 is 9.80 Å². The van der Waals surface area contributed by atoms with Gasteiger partial charge in [0.15, 0.2) is 0 Å². The zero-order valence-electron chi connectivity index (χ0n) is 32.2. The minimum atomic E-state index is -0.244. The van der Waals surface area contributed by atoms with E-state index in [4.69, 9.17) is 4.98 Å². The smallest absolute Gasteiger partial charge is 0.0730 e. The van der Waals surface area contributed by atoms with Crippen LogP contribution >= 0.6 is 0 Å². The number of aromatic nitrogens is 1. The fourth-order valence-corrected chi connectivity index (χ4v) is 9.06. The van der Waals surface area contributed by atoms with Crippen molar-refractivity contribution in [3.8, 4) is 33.6 Å².